The lowest BCUT2D eigenvalue weighted by atomic mass is 10.0. The molecule has 72 heavy (non-hydrogen) atoms. The number of aliphatic hydroxyl groups excluding tert-OH is 1. The van der Waals surface area contributed by atoms with Gasteiger partial charge in [-0.1, -0.05) is 340 Å². The van der Waals surface area contributed by atoms with Crippen LogP contribution in [0.25, 0.3) is 0 Å². The van der Waals surface area contributed by atoms with Gasteiger partial charge >= 0.3 is 11.9 Å². The third kappa shape index (κ3) is 60.9. The van der Waals surface area contributed by atoms with E-state index in [9.17, 15) is 14.7 Å². The van der Waals surface area contributed by atoms with Gasteiger partial charge in [-0.2, -0.15) is 0 Å². The molecule has 0 aromatic carbocycles. The van der Waals surface area contributed by atoms with Crippen LogP contribution in [0.15, 0.2) is 24.3 Å². The van der Waals surface area contributed by atoms with Gasteiger partial charge in [0.15, 0.2) is 6.10 Å². The van der Waals surface area contributed by atoms with Gasteiger partial charge in [-0.3, -0.25) is 9.59 Å². The number of ether oxygens (including phenoxy) is 2. The van der Waals surface area contributed by atoms with Gasteiger partial charge in [0.25, 0.3) is 0 Å². The molecule has 0 saturated heterocycles. The van der Waals surface area contributed by atoms with Crippen LogP contribution in [-0.2, 0) is 19.1 Å². The van der Waals surface area contributed by atoms with E-state index in [2.05, 4.69) is 38.2 Å². The van der Waals surface area contributed by atoms with Crippen LogP contribution >= 0.6 is 0 Å². The van der Waals surface area contributed by atoms with Crippen LogP contribution in [-0.4, -0.2) is 36.4 Å². The Morgan fingerprint density at radius 3 is 0.819 bits per heavy atom. The number of carbonyl (C=O) groups excluding carboxylic acids is 2. The maximum Gasteiger partial charge on any atom is 0.306 e. The molecular weight excluding hydrogens is 885 g/mol. The second-order valence-electron chi connectivity index (χ2n) is 22.6. The Morgan fingerprint density at radius 2 is 0.556 bits per heavy atom. The van der Waals surface area contributed by atoms with Gasteiger partial charge in [0, 0.05) is 12.8 Å². The highest BCUT2D eigenvalue weighted by molar-refractivity contribution is 5.70. The van der Waals surface area contributed by atoms with E-state index in [4.69, 9.17) is 9.47 Å². The van der Waals surface area contributed by atoms with E-state index in [1.807, 2.05) is 0 Å². The van der Waals surface area contributed by atoms with Crippen molar-refractivity contribution in [1.29, 1.82) is 0 Å². The minimum absolute atomic E-state index is 0.0618. The molecule has 1 N–H and O–H groups in total. The van der Waals surface area contributed by atoms with Crippen molar-refractivity contribution >= 4 is 11.9 Å². The molecule has 0 fully saturated rings. The zero-order chi connectivity index (χ0) is 52.0. The quantitative estimate of drug-likeness (QED) is 0.0373. The zero-order valence-corrected chi connectivity index (χ0v) is 49.0. The summed E-state index contributed by atoms with van der Waals surface area (Å²) in [5.41, 5.74) is 0. The molecule has 0 bridgehead atoms. The molecule has 1 atom stereocenters. The van der Waals surface area contributed by atoms with Gasteiger partial charge < -0.3 is 14.6 Å². The number of carbonyl (C=O) groups is 2. The Balaban J connectivity index is 3.36. The van der Waals surface area contributed by atoms with Crippen molar-refractivity contribution in [2.75, 3.05) is 13.2 Å². The molecule has 426 valence electrons. The molecule has 0 aromatic rings. The summed E-state index contributed by atoms with van der Waals surface area (Å²) in [6, 6.07) is 0. The first-order chi connectivity index (χ1) is 35.6. The van der Waals surface area contributed by atoms with E-state index >= 15 is 0 Å². The summed E-state index contributed by atoms with van der Waals surface area (Å²) < 4.78 is 10.7. The molecule has 0 amide bonds. The molecule has 0 aromatic heterocycles. The molecule has 0 aliphatic carbocycles. The van der Waals surface area contributed by atoms with Crippen LogP contribution in [0, 0.1) is 0 Å². The Hall–Kier alpha value is -1.62. The minimum Gasteiger partial charge on any atom is -0.462 e. The highest BCUT2D eigenvalue weighted by Crippen LogP contribution is 2.19. The number of unbranched alkanes of at least 4 members (excludes halogenated alkanes) is 50. The summed E-state index contributed by atoms with van der Waals surface area (Å²) >= 11 is 0. The predicted octanol–water partition coefficient (Wildman–Crippen LogP) is 22.4. The molecule has 0 rings (SSSR count). The maximum atomic E-state index is 12.3. The van der Waals surface area contributed by atoms with Crippen molar-refractivity contribution in [2.45, 2.75) is 380 Å². The molecule has 0 heterocycles. The average Bonchev–Trinajstić information content (AvgIpc) is 3.38. The first kappa shape index (κ1) is 70.4. The van der Waals surface area contributed by atoms with Crippen molar-refractivity contribution in [3.8, 4) is 0 Å². The smallest absolute Gasteiger partial charge is 0.306 e. The summed E-state index contributed by atoms with van der Waals surface area (Å²) in [5.74, 6) is -0.575. The first-order valence-corrected chi connectivity index (χ1v) is 32.9. The van der Waals surface area contributed by atoms with Crippen molar-refractivity contribution in [1.82, 2.24) is 0 Å². The highest BCUT2D eigenvalue weighted by Gasteiger charge is 2.16. The monoisotopic (exact) mass is 1010 g/mol. The number of aliphatic hydroxyl groups is 1. The third-order valence-electron chi connectivity index (χ3n) is 15.2. The number of hydrogen-bond acceptors (Lipinski definition) is 5. The minimum atomic E-state index is -0.772. The van der Waals surface area contributed by atoms with Crippen LogP contribution < -0.4 is 0 Å². The van der Waals surface area contributed by atoms with E-state index in [1.165, 1.54) is 308 Å². The number of hydrogen-bond donors (Lipinski definition) is 1. The molecule has 1 unspecified atom stereocenters. The average molecular weight is 1010 g/mol. The second kappa shape index (κ2) is 63.7. The fraction of sp³-hybridized carbons (Fsp3) is 0.910. The standard InChI is InChI=1S/C67H128O5/c1-3-5-7-9-11-13-15-17-19-21-23-25-26-27-28-29-30-31-32-33-34-35-36-37-38-39-40-42-43-45-47-49-51-53-55-57-59-61-66(69)71-64-65(63-68)72-67(70)62-60-58-56-54-52-50-48-46-44-41-24-22-20-18-16-14-12-10-8-6-4-2/h16,18,22,24,65,68H,3-15,17,19-21,23,25-64H2,1-2H3/b18-16-,24-22-. The first-order valence-electron chi connectivity index (χ1n) is 32.9. The number of rotatable bonds is 62. The van der Waals surface area contributed by atoms with E-state index < -0.39 is 6.10 Å². The summed E-state index contributed by atoms with van der Waals surface area (Å²) in [6.07, 6.45) is 82.1. The maximum absolute atomic E-state index is 12.3. The van der Waals surface area contributed by atoms with E-state index in [0.717, 1.165) is 38.5 Å². The molecular formula is C67H128O5. The van der Waals surface area contributed by atoms with Crippen molar-refractivity contribution in [2.24, 2.45) is 0 Å². The van der Waals surface area contributed by atoms with Crippen LogP contribution in [0.4, 0.5) is 0 Å². The van der Waals surface area contributed by atoms with E-state index in [1.54, 1.807) is 0 Å². The fourth-order valence-electron chi connectivity index (χ4n) is 10.3. The van der Waals surface area contributed by atoms with Gasteiger partial charge in [0.05, 0.1) is 6.61 Å². The van der Waals surface area contributed by atoms with Crippen LogP contribution in [0.2, 0.25) is 0 Å². The molecule has 0 radical (unpaired) electrons. The van der Waals surface area contributed by atoms with Gasteiger partial charge in [-0.15, -0.1) is 0 Å². The van der Waals surface area contributed by atoms with Crippen LogP contribution in [0.1, 0.15) is 373 Å². The molecule has 5 nitrogen and oxygen atoms in total. The lowest BCUT2D eigenvalue weighted by Gasteiger charge is -2.15. The van der Waals surface area contributed by atoms with Crippen LogP contribution in [0.5, 0.6) is 0 Å². The Bertz CT molecular complexity index is 1100. The largest absolute Gasteiger partial charge is 0.462 e. The summed E-state index contributed by atoms with van der Waals surface area (Å²) in [5, 5.41) is 9.67. The fourth-order valence-corrected chi connectivity index (χ4v) is 10.3. The molecule has 0 spiro atoms. The predicted molar refractivity (Wildman–Crippen MR) is 316 cm³/mol. The Morgan fingerprint density at radius 1 is 0.319 bits per heavy atom. The lowest BCUT2D eigenvalue weighted by molar-refractivity contribution is -0.161. The molecule has 0 saturated carbocycles. The summed E-state index contributed by atoms with van der Waals surface area (Å²) in [6.45, 7) is 4.19. The van der Waals surface area contributed by atoms with Gasteiger partial charge in [0.1, 0.15) is 6.61 Å². The van der Waals surface area contributed by atoms with Crippen molar-refractivity contribution < 1.29 is 24.2 Å². The van der Waals surface area contributed by atoms with Gasteiger partial charge in [-0.05, 0) is 44.9 Å². The van der Waals surface area contributed by atoms with E-state index in [0.29, 0.717) is 12.8 Å². The Labute approximate surface area is 451 Å². The lowest BCUT2D eigenvalue weighted by Crippen LogP contribution is -2.28. The number of esters is 2. The SMILES string of the molecule is CCCCCCC/C=C\C/C=C\CCCCCCCCCCCC(=O)OC(CO)COC(=O)CCCCCCCCCCCCCCCCCCCCCCCCCCCCCCCCCCCCCCC. The van der Waals surface area contributed by atoms with E-state index in [-0.39, 0.29) is 25.2 Å². The third-order valence-corrected chi connectivity index (χ3v) is 15.2. The molecule has 5 heteroatoms. The molecule has 0 aliphatic heterocycles. The number of allylic oxidation sites excluding steroid dienone is 4. The zero-order valence-electron chi connectivity index (χ0n) is 49.0. The van der Waals surface area contributed by atoms with Crippen LogP contribution in [0.3, 0.4) is 0 Å². The second-order valence-corrected chi connectivity index (χ2v) is 22.6. The highest BCUT2D eigenvalue weighted by atomic mass is 16.6. The summed E-state index contributed by atoms with van der Waals surface area (Å²) in [7, 11) is 0. The van der Waals surface area contributed by atoms with Gasteiger partial charge in [-0.25, -0.2) is 0 Å². The molecule has 0 aliphatic rings. The topological polar surface area (TPSA) is 72.8 Å². The van der Waals surface area contributed by atoms with Crippen molar-refractivity contribution in [3.05, 3.63) is 24.3 Å². The Kier molecular flexibility index (Phi) is 62.2. The normalized spacial score (nSPS) is 12.2. The summed E-state index contributed by atoms with van der Waals surface area (Å²) in [4.78, 5) is 24.6. The van der Waals surface area contributed by atoms with Gasteiger partial charge in [0.2, 0.25) is 0 Å². The van der Waals surface area contributed by atoms with Crippen molar-refractivity contribution in [3.63, 3.8) is 0 Å².